The fourth-order valence-corrected chi connectivity index (χ4v) is 4.97. The highest BCUT2D eigenvalue weighted by atomic mass is 32.2. The van der Waals surface area contributed by atoms with Gasteiger partial charge in [0, 0.05) is 42.3 Å². The number of benzene rings is 2. The van der Waals surface area contributed by atoms with E-state index in [1.54, 1.807) is 6.21 Å². The Morgan fingerprint density at radius 3 is 2.33 bits per heavy atom. The Morgan fingerprint density at radius 2 is 1.69 bits per heavy atom. The minimum absolute atomic E-state index is 0.00860. The lowest BCUT2D eigenvalue weighted by Gasteiger charge is -2.16. The van der Waals surface area contributed by atoms with E-state index in [1.165, 1.54) is 38.2 Å². The third kappa shape index (κ3) is 6.07. The molecule has 0 aliphatic rings. The van der Waals surface area contributed by atoms with Gasteiger partial charge in [-0.1, -0.05) is 12.1 Å². The minimum atomic E-state index is -3.90. The summed E-state index contributed by atoms with van der Waals surface area (Å²) in [6.07, 6.45) is 1.55. The number of rotatable bonds is 8. The molecule has 1 heterocycles. The second-order valence-electron chi connectivity index (χ2n) is 8.71. The van der Waals surface area contributed by atoms with Gasteiger partial charge in [-0.2, -0.15) is 9.41 Å². The molecule has 190 valence electrons. The highest BCUT2D eigenvalue weighted by Crippen LogP contribution is 2.23. The van der Waals surface area contributed by atoms with E-state index in [-0.39, 0.29) is 10.8 Å². The summed E-state index contributed by atoms with van der Waals surface area (Å²) >= 11 is 0. The molecule has 0 saturated carbocycles. The van der Waals surface area contributed by atoms with Crippen molar-refractivity contribution >= 4 is 33.7 Å². The molecule has 0 aliphatic carbocycles. The van der Waals surface area contributed by atoms with Crippen molar-refractivity contribution in [2.75, 3.05) is 18.9 Å². The van der Waals surface area contributed by atoms with Gasteiger partial charge >= 0.3 is 0 Å². The van der Waals surface area contributed by atoms with E-state index in [1.807, 2.05) is 26.8 Å². The molecule has 0 saturated heterocycles. The molecule has 0 unspecified atom stereocenters. The molecular weight excluding hydrogens is 478 g/mol. The van der Waals surface area contributed by atoms with Crippen LogP contribution in [-0.2, 0) is 19.6 Å². The number of carbonyl (C=O) groups excluding carboxylic acids is 2. The Morgan fingerprint density at radius 1 is 1.03 bits per heavy atom. The Labute approximate surface area is 211 Å². The number of hydrogen-bond donors (Lipinski definition) is 2. The summed E-state index contributed by atoms with van der Waals surface area (Å²) in [5.74, 6) is -0.831. The maximum Gasteiger partial charge on any atom is 0.255 e. The quantitative estimate of drug-likeness (QED) is 0.358. The van der Waals surface area contributed by atoms with Gasteiger partial charge in [0.1, 0.15) is 0 Å². The maximum absolute atomic E-state index is 12.8. The molecule has 2 N–H and O–H groups in total. The number of nitrogens with one attached hydrogen (secondary N) is 2. The van der Waals surface area contributed by atoms with Crippen molar-refractivity contribution in [1.29, 1.82) is 0 Å². The van der Waals surface area contributed by atoms with Gasteiger partial charge in [0.05, 0.1) is 17.7 Å². The zero-order valence-corrected chi connectivity index (χ0v) is 22.1. The van der Waals surface area contributed by atoms with E-state index in [2.05, 4.69) is 45.5 Å². The van der Waals surface area contributed by atoms with Gasteiger partial charge < -0.3 is 9.88 Å². The number of aryl methyl sites for hydroxylation is 3. The number of amides is 2. The number of hydrazone groups is 1. The molecule has 3 aromatic rings. The second kappa shape index (κ2) is 10.9. The fraction of sp³-hybridized carbons (Fsp3) is 0.269. The van der Waals surface area contributed by atoms with Crippen molar-refractivity contribution in [1.82, 2.24) is 14.3 Å². The summed E-state index contributed by atoms with van der Waals surface area (Å²) in [7, 11) is -2.58. The van der Waals surface area contributed by atoms with Crippen LogP contribution in [-0.4, -0.2) is 48.9 Å². The van der Waals surface area contributed by atoms with Crippen LogP contribution in [0, 0.1) is 27.7 Å². The molecule has 9 nitrogen and oxygen atoms in total. The second-order valence-corrected chi connectivity index (χ2v) is 10.8. The highest BCUT2D eigenvalue weighted by Gasteiger charge is 2.23. The molecular formula is C26H31N5O4S. The molecule has 2 aromatic carbocycles. The summed E-state index contributed by atoms with van der Waals surface area (Å²) in [6.45, 7) is 9.05. The number of hydrogen-bond acceptors (Lipinski definition) is 5. The van der Waals surface area contributed by atoms with Crippen molar-refractivity contribution in [2.24, 2.45) is 5.10 Å². The molecule has 0 fully saturated rings. The summed E-state index contributed by atoms with van der Waals surface area (Å²) in [4.78, 5) is 23.5. The average Bonchev–Trinajstić information content (AvgIpc) is 3.08. The van der Waals surface area contributed by atoms with Crippen LogP contribution >= 0.6 is 0 Å². The molecule has 0 aliphatic heterocycles. The molecule has 2 amide bonds. The third-order valence-corrected chi connectivity index (χ3v) is 7.54. The van der Waals surface area contributed by atoms with E-state index in [9.17, 15) is 18.0 Å². The summed E-state index contributed by atoms with van der Waals surface area (Å²) in [5, 5.41) is 6.61. The predicted molar refractivity (Wildman–Crippen MR) is 141 cm³/mol. The molecule has 3 rings (SSSR count). The number of carbonyl (C=O) groups is 2. The summed E-state index contributed by atoms with van der Waals surface area (Å²) in [6, 6.07) is 14.0. The SMILES string of the molecule is CC(=O)Nc1ccc(S(=O)(=O)N(C)CC(=O)N/N=C\c2cc(C)n(-c3cc(C)ccc3C)c2C)cc1. The lowest BCUT2D eigenvalue weighted by atomic mass is 10.1. The van der Waals surface area contributed by atoms with Crippen molar-refractivity contribution in [3.63, 3.8) is 0 Å². The van der Waals surface area contributed by atoms with E-state index >= 15 is 0 Å². The van der Waals surface area contributed by atoms with Crippen LogP contribution in [0.5, 0.6) is 0 Å². The first-order valence-electron chi connectivity index (χ1n) is 11.3. The van der Waals surface area contributed by atoms with Gasteiger partial charge in [0.25, 0.3) is 5.91 Å². The number of sulfonamides is 1. The molecule has 0 atom stereocenters. The molecule has 10 heteroatoms. The summed E-state index contributed by atoms with van der Waals surface area (Å²) < 4.78 is 28.7. The van der Waals surface area contributed by atoms with Crippen LogP contribution in [0.25, 0.3) is 5.69 Å². The average molecular weight is 510 g/mol. The molecule has 1 aromatic heterocycles. The van der Waals surface area contributed by atoms with Gasteiger partial charge in [-0.3, -0.25) is 9.59 Å². The number of aromatic nitrogens is 1. The topological polar surface area (TPSA) is 113 Å². The molecule has 0 bridgehead atoms. The van der Waals surface area contributed by atoms with Crippen LogP contribution in [0.2, 0.25) is 0 Å². The summed E-state index contributed by atoms with van der Waals surface area (Å²) in [5.41, 5.74) is 9.12. The number of nitrogens with zero attached hydrogens (tertiary/aromatic N) is 3. The standard InChI is InChI=1S/C26H31N5O4S/c1-17-7-8-18(2)25(13-17)31-19(3)14-22(20(31)4)15-27-29-26(33)16-30(6)36(34,35)24-11-9-23(10-12-24)28-21(5)32/h7-15H,16H2,1-6H3,(H,28,32)(H,29,33)/b27-15-. The van der Waals surface area contributed by atoms with Gasteiger partial charge in [-0.05, 0) is 75.2 Å². The monoisotopic (exact) mass is 509 g/mol. The van der Waals surface area contributed by atoms with Crippen molar-refractivity contribution in [3.8, 4) is 5.69 Å². The minimum Gasteiger partial charge on any atom is -0.326 e. The van der Waals surface area contributed by atoms with Crippen molar-refractivity contribution in [2.45, 2.75) is 39.5 Å². The molecule has 0 radical (unpaired) electrons. The number of likely N-dealkylation sites (N-methyl/N-ethyl adjacent to an activating group) is 1. The Bertz CT molecular complexity index is 1420. The lowest BCUT2D eigenvalue weighted by molar-refractivity contribution is -0.121. The predicted octanol–water partition coefficient (Wildman–Crippen LogP) is 3.44. The largest absolute Gasteiger partial charge is 0.326 e. The van der Waals surface area contributed by atoms with Gasteiger partial charge in [-0.15, -0.1) is 0 Å². The normalized spacial score (nSPS) is 11.8. The van der Waals surface area contributed by atoms with Gasteiger partial charge in [-0.25, -0.2) is 13.8 Å². The third-order valence-electron chi connectivity index (χ3n) is 5.72. The van der Waals surface area contributed by atoms with Crippen LogP contribution in [0.4, 0.5) is 5.69 Å². The first kappa shape index (κ1) is 26.8. The fourth-order valence-electron chi connectivity index (χ4n) is 3.84. The lowest BCUT2D eigenvalue weighted by Crippen LogP contribution is -2.36. The Kier molecular flexibility index (Phi) is 8.11. The smallest absolute Gasteiger partial charge is 0.255 e. The van der Waals surface area contributed by atoms with Crippen LogP contribution in [0.15, 0.2) is 58.5 Å². The highest BCUT2D eigenvalue weighted by molar-refractivity contribution is 7.89. The zero-order chi connectivity index (χ0) is 26.6. The van der Waals surface area contributed by atoms with E-state index < -0.39 is 22.5 Å². The van der Waals surface area contributed by atoms with E-state index in [4.69, 9.17) is 0 Å². The van der Waals surface area contributed by atoms with Crippen molar-refractivity contribution < 1.29 is 18.0 Å². The van der Waals surface area contributed by atoms with Crippen LogP contribution in [0.1, 0.15) is 35.0 Å². The first-order chi connectivity index (χ1) is 16.9. The number of anilines is 1. The zero-order valence-electron chi connectivity index (χ0n) is 21.3. The van der Waals surface area contributed by atoms with Crippen LogP contribution < -0.4 is 10.7 Å². The molecule has 36 heavy (non-hydrogen) atoms. The van der Waals surface area contributed by atoms with Crippen LogP contribution in [0.3, 0.4) is 0 Å². The van der Waals surface area contributed by atoms with E-state index in [0.29, 0.717) is 5.69 Å². The van der Waals surface area contributed by atoms with Gasteiger partial charge in [0.2, 0.25) is 15.9 Å². The molecule has 0 spiro atoms. The van der Waals surface area contributed by atoms with Crippen molar-refractivity contribution in [3.05, 3.63) is 76.6 Å². The first-order valence-corrected chi connectivity index (χ1v) is 12.8. The Balaban J connectivity index is 1.67. The maximum atomic E-state index is 12.8. The van der Waals surface area contributed by atoms with Gasteiger partial charge in [0.15, 0.2) is 0 Å². The van der Waals surface area contributed by atoms with E-state index in [0.717, 1.165) is 38.1 Å². The Hall–Kier alpha value is -3.76.